The highest BCUT2D eigenvalue weighted by molar-refractivity contribution is 9.10. The number of nitrogens with zero attached hydrogens (tertiary/aromatic N) is 1. The van der Waals surface area contributed by atoms with Crippen molar-refractivity contribution in [3.8, 4) is 17.6 Å². The molecular formula is C24H17BrCl2N2O3. The molecular weight excluding hydrogens is 515 g/mol. The molecule has 0 atom stereocenters. The van der Waals surface area contributed by atoms with E-state index >= 15 is 0 Å². The molecule has 0 bridgehead atoms. The standard InChI is InChI=1S/C24H17BrCl2N2O3/c1-31-22-12-15(10-16(13-28)24(30)29-17-6-3-2-4-7-17)11-19(25)23(22)32-14-18-20(26)8-5-9-21(18)27/h2-12H,14H2,1H3,(H,29,30)/b16-10-. The summed E-state index contributed by atoms with van der Waals surface area (Å²) >= 11 is 15.9. The molecule has 0 saturated heterocycles. The molecule has 0 aliphatic carbocycles. The van der Waals surface area contributed by atoms with Crippen molar-refractivity contribution in [2.75, 3.05) is 12.4 Å². The molecule has 0 saturated carbocycles. The maximum Gasteiger partial charge on any atom is 0.266 e. The molecule has 0 aliphatic heterocycles. The smallest absolute Gasteiger partial charge is 0.266 e. The molecule has 1 amide bonds. The molecule has 0 aromatic heterocycles. The number of halogens is 3. The lowest BCUT2D eigenvalue weighted by Crippen LogP contribution is -2.13. The maximum absolute atomic E-state index is 12.5. The second-order valence-corrected chi connectivity index (χ2v) is 8.18. The van der Waals surface area contributed by atoms with Gasteiger partial charge in [0.1, 0.15) is 18.2 Å². The predicted octanol–water partition coefficient (Wildman–Crippen LogP) is 6.89. The molecule has 32 heavy (non-hydrogen) atoms. The van der Waals surface area contributed by atoms with Crippen molar-refractivity contribution in [1.29, 1.82) is 5.26 Å². The highest BCUT2D eigenvalue weighted by Gasteiger charge is 2.15. The summed E-state index contributed by atoms with van der Waals surface area (Å²) in [6, 6.07) is 19.4. The minimum Gasteiger partial charge on any atom is -0.493 e. The lowest BCUT2D eigenvalue weighted by molar-refractivity contribution is -0.112. The number of anilines is 1. The van der Waals surface area contributed by atoms with Crippen LogP contribution >= 0.6 is 39.1 Å². The molecule has 0 fully saturated rings. The summed E-state index contributed by atoms with van der Waals surface area (Å²) in [6.07, 6.45) is 1.47. The van der Waals surface area contributed by atoms with Gasteiger partial charge in [-0.25, -0.2) is 0 Å². The molecule has 0 spiro atoms. The average molecular weight is 532 g/mol. The van der Waals surface area contributed by atoms with E-state index in [0.717, 1.165) is 0 Å². The van der Waals surface area contributed by atoms with Crippen molar-refractivity contribution in [2.45, 2.75) is 6.61 Å². The number of ether oxygens (including phenoxy) is 2. The Morgan fingerprint density at radius 1 is 1.12 bits per heavy atom. The summed E-state index contributed by atoms with van der Waals surface area (Å²) in [7, 11) is 1.50. The molecule has 1 N–H and O–H groups in total. The van der Waals surface area contributed by atoms with E-state index in [2.05, 4.69) is 21.2 Å². The first-order valence-electron chi connectivity index (χ1n) is 9.34. The van der Waals surface area contributed by atoms with E-state index in [1.54, 1.807) is 54.6 Å². The number of benzene rings is 3. The summed E-state index contributed by atoms with van der Waals surface area (Å²) in [6.45, 7) is 0.131. The second kappa shape index (κ2) is 11.1. The summed E-state index contributed by atoms with van der Waals surface area (Å²) < 4.78 is 11.9. The largest absolute Gasteiger partial charge is 0.493 e. The molecule has 3 aromatic carbocycles. The summed E-state index contributed by atoms with van der Waals surface area (Å²) in [5, 5.41) is 13.2. The van der Waals surface area contributed by atoms with Gasteiger partial charge in [0.15, 0.2) is 11.5 Å². The Bertz CT molecular complexity index is 1190. The van der Waals surface area contributed by atoms with E-state index in [4.69, 9.17) is 32.7 Å². The van der Waals surface area contributed by atoms with Gasteiger partial charge in [-0.05, 0) is 64.0 Å². The molecule has 5 nitrogen and oxygen atoms in total. The van der Waals surface area contributed by atoms with Crippen molar-refractivity contribution in [3.05, 3.63) is 91.9 Å². The van der Waals surface area contributed by atoms with E-state index < -0.39 is 5.91 Å². The second-order valence-electron chi connectivity index (χ2n) is 6.51. The van der Waals surface area contributed by atoms with Crippen LogP contribution in [-0.4, -0.2) is 13.0 Å². The van der Waals surface area contributed by atoms with Gasteiger partial charge < -0.3 is 14.8 Å². The lowest BCUT2D eigenvalue weighted by Gasteiger charge is -2.15. The number of para-hydroxylation sites is 1. The Balaban J connectivity index is 1.84. The van der Waals surface area contributed by atoms with Crippen LogP contribution in [0.1, 0.15) is 11.1 Å². The topological polar surface area (TPSA) is 71.3 Å². The van der Waals surface area contributed by atoms with Crippen LogP contribution in [0.15, 0.2) is 70.7 Å². The van der Waals surface area contributed by atoms with Crippen molar-refractivity contribution in [2.24, 2.45) is 0 Å². The van der Waals surface area contributed by atoms with Gasteiger partial charge in [-0.2, -0.15) is 5.26 Å². The highest BCUT2D eigenvalue weighted by atomic mass is 79.9. The number of rotatable bonds is 7. The van der Waals surface area contributed by atoms with Crippen molar-refractivity contribution in [3.63, 3.8) is 0 Å². The van der Waals surface area contributed by atoms with Crippen LogP contribution in [-0.2, 0) is 11.4 Å². The monoisotopic (exact) mass is 530 g/mol. The van der Waals surface area contributed by atoms with Crippen LogP contribution in [0.4, 0.5) is 5.69 Å². The summed E-state index contributed by atoms with van der Waals surface area (Å²) in [5.74, 6) is 0.338. The molecule has 3 rings (SSSR count). The predicted molar refractivity (Wildman–Crippen MR) is 130 cm³/mol. The van der Waals surface area contributed by atoms with Crippen molar-refractivity contribution in [1.82, 2.24) is 0 Å². The number of methoxy groups -OCH3 is 1. The van der Waals surface area contributed by atoms with Gasteiger partial charge in [0.25, 0.3) is 5.91 Å². The average Bonchev–Trinajstić information content (AvgIpc) is 2.78. The van der Waals surface area contributed by atoms with E-state index in [9.17, 15) is 10.1 Å². The third kappa shape index (κ3) is 5.83. The Morgan fingerprint density at radius 3 is 2.44 bits per heavy atom. The first-order chi connectivity index (χ1) is 15.4. The Hall–Kier alpha value is -2.98. The third-order valence-electron chi connectivity index (χ3n) is 4.38. The van der Waals surface area contributed by atoms with Gasteiger partial charge >= 0.3 is 0 Å². The maximum atomic E-state index is 12.5. The van der Waals surface area contributed by atoms with Crippen LogP contribution in [0, 0.1) is 11.3 Å². The van der Waals surface area contributed by atoms with Crippen molar-refractivity contribution < 1.29 is 14.3 Å². The Kier molecular flexibility index (Phi) is 8.18. The fourth-order valence-electron chi connectivity index (χ4n) is 2.81. The van der Waals surface area contributed by atoms with Crippen molar-refractivity contribution >= 4 is 56.8 Å². The molecule has 0 heterocycles. The SMILES string of the molecule is COc1cc(/C=C(/C#N)C(=O)Nc2ccccc2)cc(Br)c1OCc1c(Cl)cccc1Cl. The number of hydrogen-bond donors (Lipinski definition) is 1. The summed E-state index contributed by atoms with van der Waals surface area (Å²) in [4.78, 5) is 12.5. The van der Waals surface area contributed by atoms with E-state index in [1.165, 1.54) is 13.2 Å². The third-order valence-corrected chi connectivity index (χ3v) is 5.68. The number of hydrogen-bond acceptors (Lipinski definition) is 4. The van der Waals surface area contributed by atoms with Crippen LogP contribution in [0.5, 0.6) is 11.5 Å². The van der Waals surface area contributed by atoms with Gasteiger partial charge in [0.05, 0.1) is 11.6 Å². The fraction of sp³-hybridized carbons (Fsp3) is 0.0833. The molecule has 162 valence electrons. The zero-order valence-electron chi connectivity index (χ0n) is 16.9. The van der Waals surface area contributed by atoms with Gasteiger partial charge in [-0.3, -0.25) is 4.79 Å². The molecule has 8 heteroatoms. The first kappa shape index (κ1) is 23.7. The zero-order valence-corrected chi connectivity index (χ0v) is 20.0. The quantitative estimate of drug-likeness (QED) is 0.266. The molecule has 0 unspecified atom stereocenters. The van der Waals surface area contributed by atoms with E-state index in [1.807, 2.05) is 12.1 Å². The first-order valence-corrected chi connectivity index (χ1v) is 10.9. The van der Waals surface area contributed by atoms with Gasteiger partial charge in [-0.15, -0.1) is 0 Å². The fourth-order valence-corrected chi connectivity index (χ4v) is 3.89. The van der Waals surface area contributed by atoms with Gasteiger partial charge in [0.2, 0.25) is 0 Å². The van der Waals surface area contributed by atoms with Gasteiger partial charge in [0, 0.05) is 21.3 Å². The highest BCUT2D eigenvalue weighted by Crippen LogP contribution is 2.38. The zero-order chi connectivity index (χ0) is 23.1. The summed E-state index contributed by atoms with van der Waals surface area (Å²) in [5.41, 5.74) is 1.77. The number of nitrogens with one attached hydrogen (secondary N) is 1. The number of amides is 1. The lowest BCUT2D eigenvalue weighted by atomic mass is 10.1. The normalized spacial score (nSPS) is 10.9. The van der Waals surface area contributed by atoms with Crippen LogP contribution in [0.3, 0.4) is 0 Å². The van der Waals surface area contributed by atoms with Crippen LogP contribution < -0.4 is 14.8 Å². The minimum atomic E-state index is -0.512. The Labute approximate surface area is 204 Å². The number of carbonyl (C=O) groups excluding carboxylic acids is 1. The molecule has 3 aromatic rings. The number of nitriles is 1. The Morgan fingerprint density at radius 2 is 1.81 bits per heavy atom. The minimum absolute atomic E-state index is 0.0562. The van der Waals surface area contributed by atoms with E-state index in [0.29, 0.717) is 42.8 Å². The van der Waals surface area contributed by atoms with Crippen LogP contribution in [0.25, 0.3) is 6.08 Å². The molecule has 0 radical (unpaired) electrons. The van der Waals surface area contributed by atoms with Crippen LogP contribution in [0.2, 0.25) is 10.0 Å². The molecule has 0 aliphatic rings. The van der Waals surface area contributed by atoms with Gasteiger partial charge in [-0.1, -0.05) is 47.5 Å². The number of carbonyl (C=O) groups is 1. The van der Waals surface area contributed by atoms with E-state index in [-0.39, 0.29) is 12.2 Å².